The van der Waals surface area contributed by atoms with E-state index in [1.807, 2.05) is 49.4 Å². The third-order valence-corrected chi connectivity index (χ3v) is 6.05. The zero-order chi connectivity index (χ0) is 21.3. The smallest absolute Gasteiger partial charge is 0.243 e. The number of nitrogens with zero attached hydrogens (tertiary/aromatic N) is 1. The molecule has 1 aliphatic carbocycles. The lowest BCUT2D eigenvalue weighted by Crippen LogP contribution is -2.51. The maximum Gasteiger partial charge on any atom is 0.243 e. The molecule has 4 nitrogen and oxygen atoms in total. The molecule has 30 heavy (non-hydrogen) atoms. The van der Waals surface area contributed by atoms with E-state index in [-0.39, 0.29) is 24.3 Å². The topological polar surface area (TPSA) is 49.4 Å². The van der Waals surface area contributed by atoms with Crippen molar-refractivity contribution in [2.75, 3.05) is 0 Å². The average molecular weight is 427 g/mol. The van der Waals surface area contributed by atoms with Crippen molar-refractivity contribution in [1.29, 1.82) is 0 Å². The van der Waals surface area contributed by atoms with E-state index in [2.05, 4.69) is 5.32 Å². The van der Waals surface area contributed by atoms with Crippen LogP contribution in [0, 0.1) is 0 Å². The molecule has 3 rings (SSSR count). The highest BCUT2D eigenvalue weighted by Gasteiger charge is 2.30. The number of nitrogens with one attached hydrogen (secondary N) is 1. The molecule has 1 aliphatic rings. The second-order valence-corrected chi connectivity index (χ2v) is 8.51. The van der Waals surface area contributed by atoms with E-state index in [0.717, 1.165) is 36.8 Å². The van der Waals surface area contributed by atoms with Crippen LogP contribution in [-0.2, 0) is 22.6 Å². The number of carbonyl (C=O) groups excluding carboxylic acids is 2. The lowest BCUT2D eigenvalue weighted by molar-refractivity contribution is -0.141. The lowest BCUT2D eigenvalue weighted by Gasteiger charge is -2.33. The fraction of sp³-hybridized carbons (Fsp3) is 0.440. The summed E-state index contributed by atoms with van der Waals surface area (Å²) in [7, 11) is 0. The third kappa shape index (κ3) is 6.33. The van der Waals surface area contributed by atoms with Gasteiger partial charge in [0.05, 0.1) is 6.42 Å². The van der Waals surface area contributed by atoms with Crippen LogP contribution in [0.1, 0.15) is 56.6 Å². The highest BCUT2D eigenvalue weighted by molar-refractivity contribution is 6.30. The summed E-state index contributed by atoms with van der Waals surface area (Å²) in [4.78, 5) is 28.2. The molecule has 2 aromatic carbocycles. The molecular weight excluding hydrogens is 396 g/mol. The van der Waals surface area contributed by atoms with Crippen LogP contribution in [0.3, 0.4) is 0 Å². The van der Waals surface area contributed by atoms with Crippen molar-refractivity contribution in [3.05, 3.63) is 70.7 Å². The van der Waals surface area contributed by atoms with E-state index < -0.39 is 6.04 Å². The van der Waals surface area contributed by atoms with Crippen LogP contribution in [0.2, 0.25) is 5.02 Å². The Labute approximate surface area is 184 Å². The van der Waals surface area contributed by atoms with Gasteiger partial charge in [-0.3, -0.25) is 9.59 Å². The van der Waals surface area contributed by atoms with Gasteiger partial charge >= 0.3 is 0 Å². The Kier molecular flexibility index (Phi) is 8.32. The maximum absolute atomic E-state index is 13.3. The van der Waals surface area contributed by atoms with Gasteiger partial charge in [0.25, 0.3) is 0 Å². The number of halogens is 1. The third-order valence-electron chi connectivity index (χ3n) is 5.80. The van der Waals surface area contributed by atoms with Gasteiger partial charge in [0, 0.05) is 17.6 Å². The molecule has 0 saturated heterocycles. The van der Waals surface area contributed by atoms with Crippen molar-refractivity contribution < 1.29 is 9.59 Å². The summed E-state index contributed by atoms with van der Waals surface area (Å²) in [6, 6.07) is 16.9. The molecule has 1 N–H and O–H groups in total. The molecule has 5 heteroatoms. The second kappa shape index (κ2) is 11.2. The van der Waals surface area contributed by atoms with E-state index in [9.17, 15) is 9.59 Å². The van der Waals surface area contributed by atoms with Crippen molar-refractivity contribution in [3.8, 4) is 0 Å². The summed E-state index contributed by atoms with van der Waals surface area (Å²) in [5.74, 6) is -0.0865. The molecule has 0 bridgehead atoms. The van der Waals surface area contributed by atoms with Gasteiger partial charge < -0.3 is 10.2 Å². The molecule has 0 aliphatic heterocycles. The molecular formula is C25H31ClN2O2. The molecule has 0 heterocycles. The molecule has 0 radical (unpaired) electrons. The van der Waals surface area contributed by atoms with Crippen molar-refractivity contribution in [2.24, 2.45) is 0 Å². The zero-order valence-corrected chi connectivity index (χ0v) is 18.4. The van der Waals surface area contributed by atoms with Gasteiger partial charge in [-0.15, -0.1) is 0 Å². The van der Waals surface area contributed by atoms with Crippen LogP contribution < -0.4 is 5.32 Å². The molecule has 1 saturated carbocycles. The van der Waals surface area contributed by atoms with Gasteiger partial charge in [-0.1, -0.05) is 80.3 Å². The Bertz CT molecular complexity index is 817. The number of rotatable bonds is 8. The summed E-state index contributed by atoms with van der Waals surface area (Å²) in [5, 5.41) is 3.86. The Morgan fingerprint density at radius 1 is 1.00 bits per heavy atom. The van der Waals surface area contributed by atoms with Crippen molar-refractivity contribution in [2.45, 2.75) is 70.5 Å². The van der Waals surface area contributed by atoms with Gasteiger partial charge in [-0.2, -0.15) is 0 Å². The van der Waals surface area contributed by atoms with Crippen molar-refractivity contribution >= 4 is 23.4 Å². The summed E-state index contributed by atoms with van der Waals surface area (Å²) in [6.45, 7) is 2.39. The van der Waals surface area contributed by atoms with Gasteiger partial charge in [0.15, 0.2) is 0 Å². The first-order valence-electron chi connectivity index (χ1n) is 10.9. The van der Waals surface area contributed by atoms with Gasteiger partial charge in [0.1, 0.15) is 6.04 Å². The molecule has 160 valence electrons. The monoisotopic (exact) mass is 426 g/mol. The predicted molar refractivity (Wildman–Crippen MR) is 121 cm³/mol. The molecule has 1 atom stereocenters. The Hall–Kier alpha value is -2.33. The normalized spacial score (nSPS) is 15.4. The zero-order valence-electron chi connectivity index (χ0n) is 17.6. The number of amides is 2. The summed E-state index contributed by atoms with van der Waals surface area (Å²) in [6.07, 6.45) is 6.44. The van der Waals surface area contributed by atoms with E-state index >= 15 is 0 Å². The summed E-state index contributed by atoms with van der Waals surface area (Å²) >= 11 is 5.98. The van der Waals surface area contributed by atoms with E-state index in [4.69, 9.17) is 11.6 Å². The first-order valence-corrected chi connectivity index (χ1v) is 11.3. The molecule has 0 spiro atoms. The highest BCUT2D eigenvalue weighted by atomic mass is 35.5. The van der Waals surface area contributed by atoms with Crippen molar-refractivity contribution in [3.63, 3.8) is 0 Å². The summed E-state index contributed by atoms with van der Waals surface area (Å²) < 4.78 is 0. The van der Waals surface area contributed by atoms with Crippen LogP contribution >= 0.6 is 11.6 Å². The van der Waals surface area contributed by atoms with Gasteiger partial charge in [-0.05, 0) is 42.5 Å². The van der Waals surface area contributed by atoms with E-state index in [1.54, 1.807) is 17.0 Å². The molecule has 2 amide bonds. The minimum atomic E-state index is -0.480. The van der Waals surface area contributed by atoms with Crippen LogP contribution in [0.25, 0.3) is 0 Å². The number of hydrogen-bond donors (Lipinski definition) is 1. The predicted octanol–water partition coefficient (Wildman–Crippen LogP) is 5.14. The van der Waals surface area contributed by atoms with Crippen LogP contribution in [0.5, 0.6) is 0 Å². The molecule has 0 aromatic heterocycles. The van der Waals surface area contributed by atoms with Crippen LogP contribution in [0.15, 0.2) is 54.6 Å². The molecule has 2 aromatic rings. The molecule has 1 fully saturated rings. The quantitative estimate of drug-likeness (QED) is 0.635. The Morgan fingerprint density at radius 3 is 2.30 bits per heavy atom. The summed E-state index contributed by atoms with van der Waals surface area (Å²) in [5.41, 5.74) is 1.91. The average Bonchev–Trinajstić information content (AvgIpc) is 2.76. The second-order valence-electron chi connectivity index (χ2n) is 8.08. The lowest BCUT2D eigenvalue weighted by atomic mass is 9.95. The first kappa shape index (κ1) is 22.4. The van der Waals surface area contributed by atoms with Crippen molar-refractivity contribution in [1.82, 2.24) is 10.2 Å². The standard InChI is InChI=1S/C25H31ClN2O2/c1-2-23(25(30)27-22-11-7-4-8-12-22)28(18-20-9-5-3-6-10-20)24(29)17-19-13-15-21(26)16-14-19/h3,5-6,9-10,13-16,22-23H,2,4,7-8,11-12,17-18H2,1H3,(H,27,30)/t23-/m1/s1. The fourth-order valence-electron chi connectivity index (χ4n) is 4.12. The Morgan fingerprint density at radius 2 is 1.67 bits per heavy atom. The van der Waals surface area contributed by atoms with Gasteiger partial charge in [0.2, 0.25) is 11.8 Å². The largest absolute Gasteiger partial charge is 0.352 e. The minimum absolute atomic E-state index is 0.0372. The Balaban J connectivity index is 1.77. The minimum Gasteiger partial charge on any atom is -0.352 e. The van der Waals surface area contributed by atoms with E-state index in [0.29, 0.717) is 18.0 Å². The highest BCUT2D eigenvalue weighted by Crippen LogP contribution is 2.20. The van der Waals surface area contributed by atoms with Crippen LogP contribution in [0.4, 0.5) is 0 Å². The SMILES string of the molecule is CC[C@H](C(=O)NC1CCCCC1)N(Cc1ccccc1)C(=O)Cc1ccc(Cl)cc1. The van der Waals surface area contributed by atoms with E-state index in [1.165, 1.54) is 6.42 Å². The fourth-order valence-corrected chi connectivity index (χ4v) is 4.25. The van der Waals surface area contributed by atoms with Crippen LogP contribution in [-0.4, -0.2) is 28.8 Å². The number of carbonyl (C=O) groups is 2. The maximum atomic E-state index is 13.3. The first-order chi connectivity index (χ1) is 14.6. The number of hydrogen-bond acceptors (Lipinski definition) is 2. The molecule has 0 unspecified atom stereocenters. The number of benzene rings is 2. The van der Waals surface area contributed by atoms with Gasteiger partial charge in [-0.25, -0.2) is 0 Å².